The summed E-state index contributed by atoms with van der Waals surface area (Å²) in [6.45, 7) is 5.44. The molecule has 0 fully saturated rings. The number of amides is 1. The highest BCUT2D eigenvalue weighted by molar-refractivity contribution is 5.86. The highest BCUT2D eigenvalue weighted by Crippen LogP contribution is 2.14. The third kappa shape index (κ3) is 5.29. The fourth-order valence-corrected chi connectivity index (χ4v) is 1.31. The summed E-state index contributed by atoms with van der Waals surface area (Å²) in [5.74, 6) is 6.08. The molecule has 1 rings (SSSR count). The van der Waals surface area contributed by atoms with Crippen LogP contribution >= 0.6 is 0 Å². The zero-order valence-electron chi connectivity index (χ0n) is 12.3. The Kier molecular flexibility index (Phi) is 5.53. The fraction of sp³-hybridized carbons (Fsp3) is 0.467. The van der Waals surface area contributed by atoms with E-state index in [1.807, 2.05) is 20.8 Å². The second-order valence-corrected chi connectivity index (χ2v) is 5.20. The van der Waals surface area contributed by atoms with Gasteiger partial charge in [-0.05, 0) is 38.8 Å². The number of pyridine rings is 1. The van der Waals surface area contributed by atoms with Crippen molar-refractivity contribution in [1.29, 1.82) is 0 Å². The van der Waals surface area contributed by atoms with E-state index in [1.165, 1.54) is 4.90 Å². The van der Waals surface area contributed by atoms with Gasteiger partial charge in [0.2, 0.25) is 0 Å². The molecule has 0 aliphatic heterocycles. The summed E-state index contributed by atoms with van der Waals surface area (Å²) in [5, 5.41) is 8.68. The first kappa shape index (κ1) is 16.0. The van der Waals surface area contributed by atoms with E-state index >= 15 is 0 Å². The van der Waals surface area contributed by atoms with Crippen molar-refractivity contribution in [1.82, 2.24) is 4.98 Å². The molecule has 108 valence electrons. The molecule has 1 N–H and O–H groups in total. The first-order chi connectivity index (χ1) is 9.33. The highest BCUT2D eigenvalue weighted by atomic mass is 16.6. The lowest BCUT2D eigenvalue weighted by Crippen LogP contribution is -2.34. The van der Waals surface area contributed by atoms with Gasteiger partial charge in [-0.3, -0.25) is 4.90 Å². The van der Waals surface area contributed by atoms with Crippen LogP contribution < -0.4 is 4.90 Å². The number of ether oxygens (including phenoxy) is 1. The lowest BCUT2D eigenvalue weighted by molar-refractivity contribution is 0.0588. The minimum atomic E-state index is -0.552. The molecule has 5 nitrogen and oxygen atoms in total. The average molecular weight is 276 g/mol. The molecular formula is C15H20N2O3. The second-order valence-electron chi connectivity index (χ2n) is 5.20. The van der Waals surface area contributed by atoms with Crippen LogP contribution in [0.25, 0.3) is 0 Å². The molecular weight excluding hydrogens is 256 g/mol. The van der Waals surface area contributed by atoms with Gasteiger partial charge < -0.3 is 9.84 Å². The van der Waals surface area contributed by atoms with Crippen molar-refractivity contribution in [2.24, 2.45) is 0 Å². The van der Waals surface area contributed by atoms with E-state index in [0.29, 0.717) is 17.9 Å². The van der Waals surface area contributed by atoms with Crippen molar-refractivity contribution in [2.45, 2.75) is 32.8 Å². The summed E-state index contributed by atoms with van der Waals surface area (Å²) in [6.07, 6.45) is -0.0705. The van der Waals surface area contributed by atoms with Crippen LogP contribution in [0.5, 0.6) is 0 Å². The highest BCUT2D eigenvalue weighted by Gasteiger charge is 2.21. The molecule has 5 heteroatoms. The van der Waals surface area contributed by atoms with Crippen molar-refractivity contribution in [3.05, 3.63) is 23.9 Å². The molecule has 0 radical (unpaired) electrons. The Hall–Kier alpha value is -2.06. The Morgan fingerprint density at radius 1 is 1.45 bits per heavy atom. The molecule has 0 saturated carbocycles. The molecule has 1 aromatic heterocycles. The molecule has 0 atom stereocenters. The maximum absolute atomic E-state index is 11.9. The van der Waals surface area contributed by atoms with E-state index < -0.39 is 11.7 Å². The maximum Gasteiger partial charge on any atom is 0.415 e. The zero-order valence-corrected chi connectivity index (χ0v) is 12.3. The maximum atomic E-state index is 11.9. The predicted octanol–water partition coefficient (Wildman–Crippen LogP) is 2.19. The van der Waals surface area contributed by atoms with Gasteiger partial charge >= 0.3 is 6.09 Å². The molecule has 0 aliphatic rings. The van der Waals surface area contributed by atoms with Crippen LogP contribution in [0, 0.1) is 11.8 Å². The van der Waals surface area contributed by atoms with Gasteiger partial charge in [0.15, 0.2) is 0 Å². The third-order valence-corrected chi connectivity index (χ3v) is 2.20. The van der Waals surface area contributed by atoms with Crippen LogP contribution in [-0.4, -0.2) is 35.4 Å². The van der Waals surface area contributed by atoms with Gasteiger partial charge in [0.1, 0.15) is 17.1 Å². The average Bonchev–Trinajstić information content (AvgIpc) is 2.36. The molecule has 1 heterocycles. The number of aliphatic hydroxyl groups is 1. The Balaban J connectivity index is 2.84. The summed E-state index contributed by atoms with van der Waals surface area (Å²) in [4.78, 5) is 17.5. The van der Waals surface area contributed by atoms with Gasteiger partial charge in [-0.2, -0.15) is 0 Å². The largest absolute Gasteiger partial charge is 0.443 e. The summed E-state index contributed by atoms with van der Waals surface area (Å²) in [5.41, 5.74) is -0.00415. The number of aromatic nitrogens is 1. The Morgan fingerprint density at radius 2 is 2.15 bits per heavy atom. The van der Waals surface area contributed by atoms with Crippen LogP contribution in [-0.2, 0) is 4.74 Å². The molecule has 0 saturated heterocycles. The smallest absolute Gasteiger partial charge is 0.415 e. The van der Waals surface area contributed by atoms with E-state index in [4.69, 9.17) is 9.84 Å². The molecule has 0 spiro atoms. The predicted molar refractivity (Wildman–Crippen MR) is 77.5 cm³/mol. The molecule has 0 unspecified atom stereocenters. The monoisotopic (exact) mass is 276 g/mol. The first-order valence-corrected chi connectivity index (χ1v) is 6.37. The minimum Gasteiger partial charge on any atom is -0.443 e. The summed E-state index contributed by atoms with van der Waals surface area (Å²) < 4.78 is 5.27. The topological polar surface area (TPSA) is 62.7 Å². The molecule has 20 heavy (non-hydrogen) atoms. The quantitative estimate of drug-likeness (QED) is 0.841. The van der Waals surface area contributed by atoms with Gasteiger partial charge in [-0.25, -0.2) is 9.78 Å². The zero-order chi connectivity index (χ0) is 15.2. The minimum absolute atomic E-state index is 0.0184. The number of nitrogens with zero attached hydrogens (tertiary/aromatic N) is 2. The van der Waals surface area contributed by atoms with E-state index in [9.17, 15) is 4.79 Å². The Bertz CT molecular complexity index is 524. The molecule has 0 aliphatic carbocycles. The van der Waals surface area contributed by atoms with Gasteiger partial charge in [0.25, 0.3) is 0 Å². The van der Waals surface area contributed by atoms with Crippen molar-refractivity contribution >= 4 is 11.9 Å². The van der Waals surface area contributed by atoms with E-state index in [-0.39, 0.29) is 6.61 Å². The van der Waals surface area contributed by atoms with E-state index in [0.717, 1.165) is 0 Å². The Labute approximate surface area is 119 Å². The standard InChI is InChI=1S/C15H20N2O3/c1-15(2,3)20-14(19)17(4)13-10-7-9-12(16-13)8-5-6-11-18/h7,9-10,18H,6,11H2,1-4H3. The lowest BCUT2D eigenvalue weighted by Gasteiger charge is -2.24. The van der Waals surface area contributed by atoms with E-state index in [1.54, 1.807) is 25.2 Å². The molecule has 0 bridgehead atoms. The third-order valence-electron chi connectivity index (χ3n) is 2.20. The number of aliphatic hydroxyl groups excluding tert-OH is 1. The van der Waals surface area contributed by atoms with Crippen molar-refractivity contribution in [2.75, 3.05) is 18.6 Å². The number of hydrogen-bond acceptors (Lipinski definition) is 4. The lowest BCUT2D eigenvalue weighted by atomic mass is 10.2. The number of anilines is 1. The summed E-state index contributed by atoms with van der Waals surface area (Å²) >= 11 is 0. The van der Waals surface area contributed by atoms with Crippen LogP contribution in [0.2, 0.25) is 0 Å². The SMILES string of the molecule is CN(C(=O)OC(C)(C)C)c1cccc(C#CCCO)n1. The van der Waals surface area contributed by atoms with Crippen molar-refractivity contribution in [3.8, 4) is 11.8 Å². The van der Waals surface area contributed by atoms with Crippen molar-refractivity contribution in [3.63, 3.8) is 0 Å². The Morgan fingerprint density at radius 3 is 2.75 bits per heavy atom. The summed E-state index contributed by atoms with van der Waals surface area (Å²) in [7, 11) is 1.60. The van der Waals surface area contributed by atoms with E-state index in [2.05, 4.69) is 16.8 Å². The molecule has 1 amide bonds. The first-order valence-electron chi connectivity index (χ1n) is 6.37. The van der Waals surface area contributed by atoms with Crippen LogP contribution in [0.4, 0.5) is 10.6 Å². The fourth-order valence-electron chi connectivity index (χ4n) is 1.31. The number of rotatable bonds is 2. The van der Waals surface area contributed by atoms with Gasteiger partial charge in [-0.15, -0.1) is 0 Å². The number of carbonyl (C=O) groups excluding carboxylic acids is 1. The van der Waals surface area contributed by atoms with Crippen LogP contribution in [0.3, 0.4) is 0 Å². The molecule has 0 aromatic carbocycles. The molecule has 1 aromatic rings. The van der Waals surface area contributed by atoms with Gasteiger partial charge in [0, 0.05) is 13.5 Å². The van der Waals surface area contributed by atoms with Crippen molar-refractivity contribution < 1.29 is 14.6 Å². The van der Waals surface area contributed by atoms with Crippen LogP contribution in [0.1, 0.15) is 32.9 Å². The number of carbonyl (C=O) groups is 1. The van der Waals surface area contributed by atoms with Gasteiger partial charge in [-0.1, -0.05) is 12.0 Å². The second kappa shape index (κ2) is 6.92. The number of hydrogen-bond donors (Lipinski definition) is 1. The normalized spacial score (nSPS) is 10.4. The van der Waals surface area contributed by atoms with Gasteiger partial charge in [0.05, 0.1) is 6.61 Å². The summed E-state index contributed by atoms with van der Waals surface area (Å²) in [6, 6.07) is 5.23. The van der Waals surface area contributed by atoms with Crippen LogP contribution in [0.15, 0.2) is 18.2 Å².